The summed E-state index contributed by atoms with van der Waals surface area (Å²) in [5.74, 6) is 2.35. The van der Waals surface area contributed by atoms with Crippen molar-refractivity contribution in [1.29, 1.82) is 0 Å². The van der Waals surface area contributed by atoms with Gasteiger partial charge in [-0.15, -0.1) is 0 Å². The highest BCUT2D eigenvalue weighted by Crippen LogP contribution is 2.31. The van der Waals surface area contributed by atoms with E-state index in [-0.39, 0.29) is 0 Å². The number of benzene rings is 1. The lowest BCUT2D eigenvalue weighted by Gasteiger charge is -2.21. The zero-order valence-electron chi connectivity index (χ0n) is 12.6. The molecule has 1 heteroatoms. The molecule has 2 atom stereocenters. The Morgan fingerprint density at radius 3 is 2.33 bits per heavy atom. The second-order valence-corrected chi connectivity index (χ2v) is 5.42. The molecule has 0 radical (unpaired) electrons. The van der Waals surface area contributed by atoms with Gasteiger partial charge in [-0.2, -0.15) is 0 Å². The summed E-state index contributed by atoms with van der Waals surface area (Å²) in [5, 5.41) is 0. The fourth-order valence-electron chi connectivity index (χ4n) is 2.53. The number of hydrogen-bond donors (Lipinski definition) is 0. The van der Waals surface area contributed by atoms with Crippen LogP contribution in [-0.2, 0) is 6.42 Å². The number of ether oxygens (including phenoxy) is 1. The smallest absolute Gasteiger partial charge is 0.119 e. The summed E-state index contributed by atoms with van der Waals surface area (Å²) in [6.45, 7) is 9.18. The van der Waals surface area contributed by atoms with E-state index in [1.807, 2.05) is 0 Å². The van der Waals surface area contributed by atoms with Gasteiger partial charge < -0.3 is 4.74 Å². The lowest BCUT2D eigenvalue weighted by molar-refractivity contribution is 0.409. The molecule has 0 spiro atoms. The van der Waals surface area contributed by atoms with Gasteiger partial charge in [0.2, 0.25) is 0 Å². The lowest BCUT2D eigenvalue weighted by atomic mass is 9.85. The van der Waals surface area contributed by atoms with Crippen molar-refractivity contribution >= 4 is 0 Å². The fraction of sp³-hybridized carbons (Fsp3) is 0.647. The molecule has 0 aliphatic rings. The van der Waals surface area contributed by atoms with Gasteiger partial charge in [-0.3, -0.25) is 0 Å². The highest BCUT2D eigenvalue weighted by molar-refractivity contribution is 5.36. The van der Waals surface area contributed by atoms with Crippen molar-refractivity contribution in [1.82, 2.24) is 0 Å². The third kappa shape index (κ3) is 4.04. The zero-order chi connectivity index (χ0) is 13.5. The van der Waals surface area contributed by atoms with E-state index in [4.69, 9.17) is 4.74 Å². The van der Waals surface area contributed by atoms with E-state index in [0.717, 1.165) is 18.1 Å². The van der Waals surface area contributed by atoms with Gasteiger partial charge in [0.1, 0.15) is 5.75 Å². The molecule has 0 aliphatic carbocycles. The summed E-state index contributed by atoms with van der Waals surface area (Å²) in [6, 6.07) is 6.74. The normalized spacial score (nSPS) is 14.3. The quantitative estimate of drug-likeness (QED) is 0.645. The molecule has 18 heavy (non-hydrogen) atoms. The van der Waals surface area contributed by atoms with Gasteiger partial charge in [-0.05, 0) is 41.5 Å². The number of aryl methyl sites for hydroxylation is 1. The minimum Gasteiger partial charge on any atom is -0.497 e. The molecule has 0 bridgehead atoms. The van der Waals surface area contributed by atoms with Crippen molar-refractivity contribution in [2.45, 2.75) is 59.3 Å². The van der Waals surface area contributed by atoms with Crippen molar-refractivity contribution in [3.63, 3.8) is 0 Å². The van der Waals surface area contributed by atoms with E-state index in [1.165, 1.54) is 30.4 Å². The Kier molecular flexibility index (Phi) is 6.24. The van der Waals surface area contributed by atoms with Crippen LogP contribution in [0, 0.1) is 5.92 Å². The van der Waals surface area contributed by atoms with Crippen LogP contribution in [0.5, 0.6) is 5.75 Å². The van der Waals surface area contributed by atoms with Crippen LogP contribution < -0.4 is 4.74 Å². The molecule has 0 fully saturated rings. The highest BCUT2D eigenvalue weighted by atomic mass is 16.5. The summed E-state index contributed by atoms with van der Waals surface area (Å²) < 4.78 is 5.43. The zero-order valence-corrected chi connectivity index (χ0v) is 12.6. The Labute approximate surface area is 113 Å². The van der Waals surface area contributed by atoms with E-state index >= 15 is 0 Å². The first kappa shape index (κ1) is 15.1. The number of hydrogen-bond acceptors (Lipinski definition) is 1. The van der Waals surface area contributed by atoms with Crippen LogP contribution in [0.1, 0.15) is 64.0 Å². The Morgan fingerprint density at radius 2 is 1.78 bits per heavy atom. The van der Waals surface area contributed by atoms with Crippen LogP contribution in [0.3, 0.4) is 0 Å². The third-order valence-corrected chi connectivity index (χ3v) is 3.89. The van der Waals surface area contributed by atoms with Crippen LogP contribution >= 0.6 is 0 Å². The van der Waals surface area contributed by atoms with Crippen molar-refractivity contribution in [2.75, 3.05) is 7.11 Å². The molecule has 102 valence electrons. The van der Waals surface area contributed by atoms with Crippen molar-refractivity contribution in [3.8, 4) is 5.75 Å². The minimum atomic E-state index is 0.607. The van der Waals surface area contributed by atoms with Crippen LogP contribution in [0.2, 0.25) is 0 Å². The largest absolute Gasteiger partial charge is 0.497 e. The van der Waals surface area contributed by atoms with Crippen LogP contribution in [0.25, 0.3) is 0 Å². The molecule has 0 aliphatic heterocycles. The van der Waals surface area contributed by atoms with Gasteiger partial charge in [-0.1, -0.05) is 53.0 Å². The first-order valence-electron chi connectivity index (χ1n) is 7.30. The minimum absolute atomic E-state index is 0.607. The maximum Gasteiger partial charge on any atom is 0.119 e. The maximum atomic E-state index is 5.43. The number of methoxy groups -OCH3 is 1. The average molecular weight is 248 g/mol. The van der Waals surface area contributed by atoms with E-state index in [1.54, 1.807) is 7.11 Å². The summed E-state index contributed by atoms with van der Waals surface area (Å²) >= 11 is 0. The Bertz CT molecular complexity index is 357. The fourth-order valence-corrected chi connectivity index (χ4v) is 2.53. The Morgan fingerprint density at radius 1 is 1.06 bits per heavy atom. The SMILES string of the molecule is CCCc1cc(OC)cc(C(C)C(C)CCC)c1. The molecular formula is C17H28O. The average Bonchev–Trinajstić information content (AvgIpc) is 2.38. The topological polar surface area (TPSA) is 9.23 Å². The van der Waals surface area contributed by atoms with Gasteiger partial charge in [0, 0.05) is 0 Å². The molecule has 0 heterocycles. The van der Waals surface area contributed by atoms with Gasteiger partial charge in [0.05, 0.1) is 7.11 Å². The molecule has 0 amide bonds. The summed E-state index contributed by atoms with van der Waals surface area (Å²) in [6.07, 6.45) is 4.88. The number of rotatable bonds is 7. The third-order valence-electron chi connectivity index (χ3n) is 3.89. The first-order valence-corrected chi connectivity index (χ1v) is 7.30. The molecular weight excluding hydrogens is 220 g/mol. The summed E-state index contributed by atoms with van der Waals surface area (Å²) in [5.41, 5.74) is 2.83. The summed E-state index contributed by atoms with van der Waals surface area (Å²) in [7, 11) is 1.76. The second-order valence-electron chi connectivity index (χ2n) is 5.42. The molecule has 0 aromatic heterocycles. The van der Waals surface area contributed by atoms with Gasteiger partial charge >= 0.3 is 0 Å². The van der Waals surface area contributed by atoms with E-state index in [9.17, 15) is 0 Å². The van der Waals surface area contributed by atoms with Crippen molar-refractivity contribution in [3.05, 3.63) is 29.3 Å². The van der Waals surface area contributed by atoms with Gasteiger partial charge in [-0.25, -0.2) is 0 Å². The van der Waals surface area contributed by atoms with E-state index < -0.39 is 0 Å². The monoisotopic (exact) mass is 248 g/mol. The van der Waals surface area contributed by atoms with E-state index in [0.29, 0.717) is 5.92 Å². The van der Waals surface area contributed by atoms with Crippen LogP contribution in [-0.4, -0.2) is 7.11 Å². The first-order chi connectivity index (χ1) is 8.62. The Balaban J connectivity index is 2.95. The second kappa shape index (κ2) is 7.45. The molecule has 1 rings (SSSR count). The summed E-state index contributed by atoms with van der Waals surface area (Å²) in [4.78, 5) is 0. The van der Waals surface area contributed by atoms with Crippen LogP contribution in [0.4, 0.5) is 0 Å². The molecule has 0 saturated carbocycles. The predicted molar refractivity (Wildman–Crippen MR) is 79.5 cm³/mol. The molecule has 0 N–H and O–H groups in total. The highest BCUT2D eigenvalue weighted by Gasteiger charge is 2.15. The maximum absolute atomic E-state index is 5.43. The predicted octanol–water partition coefficient (Wildman–Crippen LogP) is 5.19. The molecule has 1 aromatic carbocycles. The molecule has 0 saturated heterocycles. The van der Waals surface area contributed by atoms with Gasteiger partial charge in [0.15, 0.2) is 0 Å². The Hall–Kier alpha value is -0.980. The van der Waals surface area contributed by atoms with Crippen molar-refractivity contribution in [2.24, 2.45) is 5.92 Å². The van der Waals surface area contributed by atoms with Gasteiger partial charge in [0.25, 0.3) is 0 Å². The molecule has 1 aromatic rings. The molecule has 2 unspecified atom stereocenters. The lowest BCUT2D eigenvalue weighted by Crippen LogP contribution is -2.07. The van der Waals surface area contributed by atoms with Crippen molar-refractivity contribution < 1.29 is 4.74 Å². The van der Waals surface area contributed by atoms with E-state index in [2.05, 4.69) is 45.9 Å². The standard InChI is InChI=1S/C17H28O/c1-6-8-13(3)14(4)16-10-15(9-7-2)11-17(12-16)18-5/h10-14H,6-9H2,1-5H3. The molecule has 1 nitrogen and oxygen atoms in total. The van der Waals surface area contributed by atoms with Crippen LogP contribution in [0.15, 0.2) is 18.2 Å².